The number of halogens is 1. The smallest absolute Gasteiger partial charge is 0.603 e. The van der Waals surface area contributed by atoms with Crippen molar-refractivity contribution in [2.24, 2.45) is 0 Å². The molecule has 0 atom stereocenters. The van der Waals surface area contributed by atoms with Gasteiger partial charge in [-0.15, -0.1) is 52.0 Å². The Morgan fingerprint density at radius 1 is 0.667 bits per heavy atom. The Bertz CT molecular complexity index is 2180. The van der Waals surface area contributed by atoms with Crippen LogP contribution in [0.5, 0.6) is 0 Å². The van der Waals surface area contributed by atoms with Crippen molar-refractivity contribution < 1.29 is 34.9 Å². The number of hydrogen-bond donors (Lipinski definition) is 0. The SMILES string of the molecule is Cc1sc(C)c(P(c2ccccc2)c2ccccc2)c1-c1c(C)sc(C)c1P(c1ccccc1)c1ccccc1.O=C([O-])c1[c-]cc(Cl)c([N+](=O)[O-])c1.[CH2][CH][CH2].[Ir+3]. The zero-order valence-electron chi connectivity index (χ0n) is 31.7. The van der Waals surface area contributed by atoms with Crippen molar-refractivity contribution in [3.63, 3.8) is 0 Å². The molecule has 7 aromatic rings. The topological polar surface area (TPSA) is 83.3 Å². The molecule has 0 amide bonds. The van der Waals surface area contributed by atoms with Gasteiger partial charge in [0.2, 0.25) is 5.69 Å². The number of nitro benzene ring substituents is 1. The van der Waals surface area contributed by atoms with Gasteiger partial charge in [0.05, 0.1) is 0 Å². The Hall–Kier alpha value is -3.83. The molecule has 0 unspecified atom stereocenters. The van der Waals surface area contributed by atoms with Crippen LogP contribution in [0.1, 0.15) is 29.9 Å². The molecule has 0 aliphatic carbocycles. The molecule has 0 bridgehead atoms. The monoisotopic (exact) mass is 1020 g/mol. The molecule has 7 rings (SSSR count). The minimum absolute atomic E-state index is 0. The molecule has 0 fully saturated rings. The van der Waals surface area contributed by atoms with E-state index in [0.29, 0.717) is 0 Å². The molecular weight excluding hydrogens is 984 g/mol. The van der Waals surface area contributed by atoms with Crippen molar-refractivity contribution in [3.8, 4) is 11.1 Å². The van der Waals surface area contributed by atoms with Crippen LogP contribution < -0.4 is 36.9 Å². The van der Waals surface area contributed by atoms with Gasteiger partial charge in [0, 0.05) is 51.2 Å². The van der Waals surface area contributed by atoms with Crippen molar-refractivity contribution >= 4 is 93.6 Å². The third kappa shape index (κ3) is 11.0. The Balaban J connectivity index is 0.000000358. The Kier molecular flexibility index (Phi) is 17.5. The van der Waals surface area contributed by atoms with Crippen LogP contribution in [0, 0.1) is 64.1 Å². The molecule has 0 aliphatic rings. The fourth-order valence-electron chi connectivity index (χ4n) is 6.31. The molecule has 5 aromatic carbocycles. The number of thiophene rings is 2. The number of nitrogens with zero attached hydrogens (tertiary/aromatic N) is 1. The van der Waals surface area contributed by atoms with Gasteiger partial charge < -0.3 is 9.90 Å². The second-order valence-corrected chi connectivity index (χ2v) is 19.9. The second-order valence-electron chi connectivity index (χ2n) is 12.3. The normalized spacial score (nSPS) is 10.5. The molecule has 0 N–H and O–H groups in total. The number of hydrogen-bond acceptors (Lipinski definition) is 6. The summed E-state index contributed by atoms with van der Waals surface area (Å²) < 4.78 is 0. The van der Waals surface area contributed by atoms with E-state index in [9.17, 15) is 20.0 Å². The summed E-state index contributed by atoms with van der Waals surface area (Å²) in [7, 11) is -1.42. The summed E-state index contributed by atoms with van der Waals surface area (Å²) in [6.45, 7) is 15.8. The van der Waals surface area contributed by atoms with Crippen molar-refractivity contribution in [2.75, 3.05) is 0 Å². The van der Waals surface area contributed by atoms with Crippen LogP contribution >= 0.6 is 50.1 Å². The van der Waals surface area contributed by atoms with E-state index >= 15 is 0 Å². The van der Waals surface area contributed by atoms with Crippen LogP contribution in [0.25, 0.3) is 11.1 Å². The van der Waals surface area contributed by atoms with Gasteiger partial charge in [-0.1, -0.05) is 127 Å². The summed E-state index contributed by atoms with van der Waals surface area (Å²) in [5, 5.41) is 29.1. The minimum Gasteiger partial charge on any atom is -0.603 e. The molecule has 0 saturated heterocycles. The molecule has 2 aromatic heterocycles. The zero-order chi connectivity index (χ0) is 40.4. The first-order valence-electron chi connectivity index (χ1n) is 17.5. The standard InChI is InChI=1S/C36H32P2S2.C7H3ClNO4.C3H5.Ir/c1-25-33(35(27(3)39-25)37(29-17-9-5-10-18-29)30-19-11-6-12-20-30)34-26(2)40-28(4)36(34)38(31-21-13-7-14-22-31)32-23-15-8-16-24-32;8-5-2-1-4(7(10)11)3-6(5)9(12)13;1-3-2;/h5-24H,1-4H3;2-3H,(H,10,11);3H,1-2H2;/q;-1;;+3/p-1. The third-order valence-corrected chi connectivity index (χ3v) is 16.4. The van der Waals surface area contributed by atoms with E-state index < -0.39 is 38.0 Å². The molecule has 289 valence electrons. The van der Waals surface area contributed by atoms with Crippen molar-refractivity contribution in [1.82, 2.24) is 0 Å². The van der Waals surface area contributed by atoms with Gasteiger partial charge in [0.25, 0.3) is 0 Å². The van der Waals surface area contributed by atoms with Crippen molar-refractivity contribution in [1.29, 1.82) is 0 Å². The summed E-state index contributed by atoms with van der Waals surface area (Å²) in [6, 6.07) is 48.7. The summed E-state index contributed by atoms with van der Waals surface area (Å²) in [6.07, 6.45) is 1.50. The zero-order valence-corrected chi connectivity index (χ0v) is 38.3. The molecule has 57 heavy (non-hydrogen) atoms. The number of rotatable bonds is 9. The Labute approximate surface area is 364 Å². The van der Waals surface area contributed by atoms with E-state index in [1.807, 2.05) is 22.7 Å². The first kappa shape index (κ1) is 45.9. The molecule has 0 spiro atoms. The first-order valence-corrected chi connectivity index (χ1v) is 22.2. The molecule has 3 radical (unpaired) electrons. The van der Waals surface area contributed by atoms with Gasteiger partial charge in [-0.25, -0.2) is 0 Å². The maximum Gasteiger partial charge on any atom is 3.00 e. The number of carboxylic acid groups (broad SMARTS) is 1. The number of carbonyl (C=O) groups is 1. The number of benzene rings is 5. The predicted octanol–water partition coefficient (Wildman–Crippen LogP) is 9.49. The number of carbonyl (C=O) groups excluding carboxylic acids is 1. The first-order chi connectivity index (χ1) is 27.0. The van der Waals surface area contributed by atoms with Crippen LogP contribution in [-0.2, 0) is 20.1 Å². The molecule has 11 heteroatoms. The van der Waals surface area contributed by atoms with Crippen molar-refractivity contribution in [3.05, 3.63) is 200 Å². The van der Waals surface area contributed by atoms with E-state index in [4.69, 9.17) is 11.6 Å². The van der Waals surface area contributed by atoms with E-state index in [-0.39, 0.29) is 25.1 Å². The van der Waals surface area contributed by atoms with Gasteiger partial charge >= 0.3 is 20.1 Å². The average Bonchev–Trinajstić information content (AvgIpc) is 3.64. The summed E-state index contributed by atoms with van der Waals surface area (Å²) in [5.74, 6) is -1.53. The number of aromatic carboxylic acids is 1. The summed E-state index contributed by atoms with van der Waals surface area (Å²) in [5.41, 5.74) is 2.07. The van der Waals surface area contributed by atoms with E-state index in [2.05, 4.69) is 169 Å². The Morgan fingerprint density at radius 2 is 0.982 bits per heavy atom. The van der Waals surface area contributed by atoms with Gasteiger partial charge in [-0.05, 0) is 91.0 Å². The minimum atomic E-state index is -1.53. The second kappa shape index (κ2) is 21.8. The quantitative estimate of drug-likeness (QED) is 0.0625. The molecule has 5 nitrogen and oxygen atoms in total. The summed E-state index contributed by atoms with van der Waals surface area (Å²) >= 11 is 9.34. The molecule has 0 aliphatic heterocycles. The van der Waals surface area contributed by atoms with Crippen LogP contribution in [0.3, 0.4) is 0 Å². The molecule has 0 saturated carbocycles. The third-order valence-electron chi connectivity index (χ3n) is 8.51. The maximum absolute atomic E-state index is 10.3. The summed E-state index contributed by atoms with van der Waals surface area (Å²) in [4.78, 5) is 25.5. The van der Waals surface area contributed by atoms with Gasteiger partial charge in [-0.3, -0.25) is 10.1 Å². The molecular formula is C46H39ClIrNO4P2S2+. The van der Waals surface area contributed by atoms with E-state index in [1.54, 1.807) is 0 Å². The van der Waals surface area contributed by atoms with E-state index in [0.717, 1.165) is 12.1 Å². The number of carboxylic acids is 1. The van der Waals surface area contributed by atoms with Gasteiger partial charge in [-0.2, -0.15) is 0 Å². The average molecular weight is 1020 g/mol. The van der Waals surface area contributed by atoms with Crippen molar-refractivity contribution in [2.45, 2.75) is 27.7 Å². The maximum atomic E-state index is 10.3. The largest absolute Gasteiger partial charge is 3.00 e. The predicted molar refractivity (Wildman–Crippen MR) is 240 cm³/mol. The van der Waals surface area contributed by atoms with Crippen LogP contribution in [0.2, 0.25) is 5.02 Å². The van der Waals surface area contributed by atoms with E-state index in [1.165, 1.54) is 68.9 Å². The van der Waals surface area contributed by atoms with Gasteiger partial charge in [0.1, 0.15) is 0 Å². The fraction of sp³-hybridized carbons (Fsp3) is 0.0870. The van der Waals surface area contributed by atoms with Gasteiger partial charge in [0.15, 0.2) is 0 Å². The molecule has 2 heterocycles. The van der Waals surface area contributed by atoms with Crippen LogP contribution in [-0.4, -0.2) is 10.9 Å². The number of nitro groups is 1. The number of aryl methyl sites for hydroxylation is 4. The van der Waals surface area contributed by atoms with Crippen LogP contribution in [0.4, 0.5) is 5.69 Å². The fourth-order valence-corrected chi connectivity index (χ4v) is 14.5. The Morgan fingerprint density at radius 3 is 1.26 bits per heavy atom. The van der Waals surface area contributed by atoms with Crippen LogP contribution in [0.15, 0.2) is 133 Å².